The fourth-order valence-electron chi connectivity index (χ4n) is 7.96. The molecular weight excluding hydrogens is 1020 g/mol. The number of amides is 2. The van der Waals surface area contributed by atoms with Gasteiger partial charge < -0.3 is 50.9 Å². The molecular formula is C44H80N7O17P3S. The molecule has 0 radical (unpaired) electrons. The van der Waals surface area contributed by atoms with Gasteiger partial charge in [-0.2, -0.15) is 4.31 Å². The number of phosphoric ester groups is 3. The maximum atomic E-state index is 12.8. The zero-order valence-corrected chi connectivity index (χ0v) is 45.6. The maximum absolute atomic E-state index is 12.8. The Hall–Kier alpha value is -2.44. The van der Waals surface area contributed by atoms with Crippen LogP contribution in [0.1, 0.15) is 162 Å². The van der Waals surface area contributed by atoms with Gasteiger partial charge in [-0.1, -0.05) is 149 Å². The molecule has 8 unspecified atom stereocenters. The van der Waals surface area contributed by atoms with Crippen LogP contribution >= 0.6 is 35.2 Å². The predicted molar refractivity (Wildman–Crippen MR) is 270 cm³/mol. The summed E-state index contributed by atoms with van der Waals surface area (Å²) in [6.45, 7) is 5.25. The summed E-state index contributed by atoms with van der Waals surface area (Å²) < 4.78 is 62.5. The molecule has 0 saturated carbocycles. The Bertz CT molecular complexity index is 2100. The van der Waals surface area contributed by atoms with E-state index in [1.54, 1.807) is 0 Å². The van der Waals surface area contributed by atoms with Gasteiger partial charge in [0.1, 0.15) is 36.3 Å². The number of nitrogen functional groups attached to an aromatic ring is 1. The highest BCUT2D eigenvalue weighted by molar-refractivity contribution is 8.13. The lowest BCUT2D eigenvalue weighted by Gasteiger charge is -2.30. The number of aromatic nitrogens is 4. The first-order valence-corrected chi connectivity index (χ1v) is 30.5. The molecule has 1 aliphatic heterocycles. The number of fused-ring (bicyclic) bond motifs is 1. The van der Waals surface area contributed by atoms with Gasteiger partial charge in [-0.3, -0.25) is 32.5 Å². The van der Waals surface area contributed by atoms with Gasteiger partial charge in [-0.15, -0.1) is 0 Å². The third-order valence-electron chi connectivity index (χ3n) is 12.1. The predicted octanol–water partition coefficient (Wildman–Crippen LogP) is 6.73. The molecule has 2 aromatic heterocycles. The largest absolute Gasteiger partial charge is 0.481 e. The van der Waals surface area contributed by atoms with Crippen molar-refractivity contribution < 1.29 is 80.5 Å². The van der Waals surface area contributed by atoms with Crippen molar-refractivity contribution in [3.63, 3.8) is 0 Å². The summed E-state index contributed by atoms with van der Waals surface area (Å²) in [4.78, 5) is 88.6. The van der Waals surface area contributed by atoms with E-state index >= 15 is 0 Å². The molecule has 8 atom stereocenters. The number of rotatable bonds is 39. The number of nitrogens with one attached hydrogen (secondary N) is 2. The molecule has 0 spiro atoms. The minimum atomic E-state index is -5.58. The van der Waals surface area contributed by atoms with Gasteiger partial charge in [0.05, 0.1) is 19.5 Å². The highest BCUT2D eigenvalue weighted by atomic mass is 32.2. The highest BCUT2D eigenvalue weighted by Crippen LogP contribution is 2.61. The van der Waals surface area contributed by atoms with E-state index in [-0.39, 0.29) is 41.6 Å². The van der Waals surface area contributed by atoms with Crippen LogP contribution in [-0.4, -0.2) is 123 Å². The Labute approximate surface area is 426 Å². The van der Waals surface area contributed by atoms with E-state index in [9.17, 15) is 57.9 Å². The Kier molecular flexibility index (Phi) is 28.6. The molecule has 28 heteroatoms. The number of hydrogen-bond donors (Lipinski definition) is 9. The number of ether oxygens (including phenoxy) is 1. The number of nitrogens with zero attached hydrogens (tertiary/aromatic N) is 4. The van der Waals surface area contributed by atoms with Crippen molar-refractivity contribution in [2.24, 2.45) is 11.3 Å². The highest BCUT2D eigenvalue weighted by Gasteiger charge is 2.50. The molecule has 10 N–H and O–H groups in total. The van der Waals surface area contributed by atoms with Crippen LogP contribution in [0.2, 0.25) is 0 Å². The second kappa shape index (κ2) is 32.2. The van der Waals surface area contributed by atoms with Crippen molar-refractivity contribution in [1.29, 1.82) is 0 Å². The number of nitrogens with two attached hydrogens (primary N) is 1. The van der Waals surface area contributed by atoms with Gasteiger partial charge >= 0.3 is 23.5 Å². The molecule has 0 aliphatic carbocycles. The van der Waals surface area contributed by atoms with Gasteiger partial charge in [-0.25, -0.2) is 28.6 Å². The third-order valence-corrected chi connectivity index (χ3v) is 16.2. The third kappa shape index (κ3) is 24.5. The van der Waals surface area contributed by atoms with Gasteiger partial charge in [0, 0.05) is 37.1 Å². The minimum absolute atomic E-state index is 0.0343. The zero-order valence-electron chi connectivity index (χ0n) is 42.1. The number of thioether (sulfide) groups is 1. The number of carbonyl (C=O) groups is 3. The van der Waals surface area contributed by atoms with Crippen molar-refractivity contribution in [3.8, 4) is 0 Å². The fourth-order valence-corrected chi connectivity index (χ4v) is 11.5. The molecule has 1 aliphatic rings. The van der Waals surface area contributed by atoms with Crippen LogP contribution in [0.15, 0.2) is 12.7 Å². The van der Waals surface area contributed by atoms with Gasteiger partial charge in [-0.05, 0) is 12.3 Å². The Morgan fingerprint density at radius 3 is 2.03 bits per heavy atom. The first-order chi connectivity index (χ1) is 33.9. The first-order valence-electron chi connectivity index (χ1n) is 25.0. The second-order valence-electron chi connectivity index (χ2n) is 19.0. The zero-order chi connectivity index (χ0) is 53.4. The summed E-state index contributed by atoms with van der Waals surface area (Å²) in [7, 11) is -16.4. The summed E-state index contributed by atoms with van der Waals surface area (Å²) >= 11 is 1.16. The number of aliphatic hydroxyl groups excluding tert-OH is 2. The molecule has 1 saturated heterocycles. The average molecular weight is 1100 g/mol. The van der Waals surface area contributed by atoms with Crippen LogP contribution in [-0.2, 0) is 50.7 Å². The fraction of sp³-hybridized carbons (Fsp3) is 0.818. The Morgan fingerprint density at radius 1 is 0.833 bits per heavy atom. The van der Waals surface area contributed by atoms with E-state index < -0.39 is 84.6 Å². The van der Waals surface area contributed by atoms with Crippen LogP contribution in [0, 0.1) is 11.3 Å². The first kappa shape index (κ1) is 63.8. The van der Waals surface area contributed by atoms with Crippen LogP contribution in [0.25, 0.3) is 11.2 Å². The minimum Gasteiger partial charge on any atom is -0.386 e. The van der Waals surface area contributed by atoms with E-state index in [2.05, 4.69) is 48.3 Å². The summed E-state index contributed by atoms with van der Waals surface area (Å²) in [6, 6.07) is 0. The molecule has 0 aromatic carbocycles. The maximum Gasteiger partial charge on any atom is 0.481 e. The van der Waals surface area contributed by atoms with Crippen molar-refractivity contribution in [2.75, 3.05) is 37.8 Å². The molecule has 2 aromatic rings. The van der Waals surface area contributed by atoms with Crippen molar-refractivity contribution in [1.82, 2.24) is 30.2 Å². The molecule has 0 bridgehead atoms. The number of carbonyl (C=O) groups excluding carboxylic acids is 3. The van der Waals surface area contributed by atoms with E-state index in [4.69, 9.17) is 19.5 Å². The van der Waals surface area contributed by atoms with Gasteiger partial charge in [0.15, 0.2) is 22.8 Å². The van der Waals surface area contributed by atoms with Crippen LogP contribution in [0.5, 0.6) is 0 Å². The monoisotopic (exact) mass is 1100 g/mol. The number of aliphatic hydroxyl groups is 2. The molecule has 1 fully saturated rings. The number of phosphoric acid groups is 3. The van der Waals surface area contributed by atoms with E-state index in [1.165, 1.54) is 110 Å². The quantitative estimate of drug-likeness (QED) is 0.0247. The molecule has 72 heavy (non-hydrogen) atoms. The molecule has 3 rings (SSSR count). The van der Waals surface area contributed by atoms with Crippen molar-refractivity contribution in [2.45, 2.75) is 187 Å². The SMILES string of the molecule is CCCCCCCCCC(C)CCCCCCCCCCCC(=O)SCCNC(=O)CCNC(=O)C(O)C(C)(C)COP(=O)(O)OP(=O)(O)OCC1OC(n2cnc3c(N)ncnc32)C(O)C1OP(=O)(O)O. The summed E-state index contributed by atoms with van der Waals surface area (Å²) in [5, 5.41) is 26.7. The Balaban J connectivity index is 1.25. The molecule has 414 valence electrons. The van der Waals surface area contributed by atoms with Crippen molar-refractivity contribution >= 4 is 69.1 Å². The van der Waals surface area contributed by atoms with E-state index in [0.717, 1.165) is 54.2 Å². The topological polar surface area (TPSA) is 364 Å². The lowest BCUT2D eigenvalue weighted by Crippen LogP contribution is -2.46. The van der Waals surface area contributed by atoms with Gasteiger partial charge in [0.25, 0.3) is 0 Å². The molecule has 24 nitrogen and oxygen atoms in total. The lowest BCUT2D eigenvalue weighted by atomic mass is 9.87. The van der Waals surface area contributed by atoms with Crippen LogP contribution < -0.4 is 16.4 Å². The van der Waals surface area contributed by atoms with Gasteiger partial charge in [0.2, 0.25) is 11.8 Å². The Morgan fingerprint density at radius 2 is 1.42 bits per heavy atom. The number of hydrogen-bond acceptors (Lipinski definition) is 18. The van der Waals surface area contributed by atoms with Crippen molar-refractivity contribution in [3.05, 3.63) is 12.7 Å². The molecule has 2 amide bonds. The number of unbranched alkanes of at least 4 members (excludes halogenated alkanes) is 14. The summed E-state index contributed by atoms with van der Waals surface area (Å²) in [6.07, 6.45) is 16.5. The second-order valence-corrected chi connectivity index (χ2v) is 24.4. The smallest absolute Gasteiger partial charge is 0.386 e. The number of imidazole rings is 1. The lowest BCUT2D eigenvalue weighted by molar-refractivity contribution is -0.137. The van der Waals surface area contributed by atoms with E-state index in [0.29, 0.717) is 12.2 Å². The van der Waals surface area contributed by atoms with Crippen LogP contribution in [0.4, 0.5) is 5.82 Å². The number of anilines is 1. The van der Waals surface area contributed by atoms with E-state index in [1.807, 2.05) is 0 Å². The average Bonchev–Trinajstić information content (AvgIpc) is 3.87. The summed E-state index contributed by atoms with van der Waals surface area (Å²) in [5.74, 6) is -0.178. The standard InChI is InChI=1S/C44H80N7O17P3S/c1-5-6-7-8-12-15-18-21-32(2)22-19-16-13-10-9-11-14-17-20-23-35(53)72-27-26-46-34(52)24-25-47-42(56)39(55)44(3,4)29-65-71(62,63)68-70(60,61)64-28-33-38(67-69(57,58)59)37(54)43(66-33)51-31-50-36-40(45)48-30-49-41(36)51/h30-33,37-39,43,54-55H,5-29H2,1-4H3,(H,46,52)(H,47,56)(H,60,61)(H,62,63)(H2,45,48,49)(H2,57,58,59). The molecule has 3 heterocycles. The summed E-state index contributed by atoms with van der Waals surface area (Å²) in [5.41, 5.74) is 4.30. The normalized spacial score (nSPS) is 20.0. The van der Waals surface area contributed by atoms with Crippen LogP contribution in [0.3, 0.4) is 0 Å².